The van der Waals surface area contributed by atoms with Crippen LogP contribution in [-0.4, -0.2) is 41.3 Å². The highest BCUT2D eigenvalue weighted by atomic mass is 32.2. The molecule has 1 amide bonds. The quantitative estimate of drug-likeness (QED) is 0.618. The van der Waals surface area contributed by atoms with Gasteiger partial charge in [-0.15, -0.1) is 0 Å². The van der Waals surface area contributed by atoms with E-state index in [2.05, 4.69) is 14.7 Å². The van der Waals surface area contributed by atoms with Crippen LogP contribution < -0.4 is 5.32 Å². The molecule has 1 heterocycles. The lowest BCUT2D eigenvalue weighted by Crippen LogP contribution is -2.15. The van der Waals surface area contributed by atoms with Crippen LogP contribution in [0.4, 0.5) is 13.9 Å². The van der Waals surface area contributed by atoms with Gasteiger partial charge >= 0.3 is 0 Å². The molecule has 1 N–H and O–H groups in total. The number of halogens is 2. The van der Waals surface area contributed by atoms with Gasteiger partial charge in [-0.3, -0.25) is 10.1 Å². The fraction of sp³-hybridized carbons (Fsp3) is 0.476. The Morgan fingerprint density at radius 2 is 1.84 bits per heavy atom. The number of sulfone groups is 1. The molecule has 4 rings (SSSR count). The second kappa shape index (κ2) is 8.74. The lowest BCUT2D eigenvalue weighted by Gasteiger charge is -2.11. The Bertz CT molecular complexity index is 1090. The van der Waals surface area contributed by atoms with E-state index in [-0.39, 0.29) is 28.6 Å². The highest BCUT2D eigenvalue weighted by molar-refractivity contribution is 7.92. The molecule has 2 aliphatic rings. The van der Waals surface area contributed by atoms with Crippen molar-refractivity contribution in [2.45, 2.75) is 61.5 Å². The first-order valence-corrected chi connectivity index (χ1v) is 12.6. The molecule has 166 valence electrons. The van der Waals surface area contributed by atoms with Crippen molar-refractivity contribution >= 4 is 38.0 Å². The first kappa shape index (κ1) is 22.0. The average molecular weight is 468 g/mol. The average Bonchev–Trinajstić information content (AvgIpc) is 3.45. The Balaban J connectivity index is 1.62. The summed E-state index contributed by atoms with van der Waals surface area (Å²) in [6, 6.07) is 6.09. The minimum Gasteiger partial charge on any atom is -0.297 e. The van der Waals surface area contributed by atoms with E-state index in [1.165, 1.54) is 12.1 Å². The topological polar surface area (TPSA) is 89.0 Å². The Hall–Kier alpha value is -2.20. The predicted octanol–water partition coefficient (Wildman–Crippen LogP) is 4.14. The van der Waals surface area contributed by atoms with Crippen LogP contribution >= 0.6 is 11.5 Å². The van der Waals surface area contributed by atoms with Gasteiger partial charge in [0.05, 0.1) is 10.1 Å². The van der Waals surface area contributed by atoms with Gasteiger partial charge in [-0.2, -0.15) is 4.37 Å². The third kappa shape index (κ3) is 4.85. The molecule has 1 aromatic heterocycles. The highest BCUT2D eigenvalue weighted by Crippen LogP contribution is 2.36. The maximum atomic E-state index is 13.7. The predicted molar refractivity (Wildman–Crippen MR) is 115 cm³/mol. The lowest BCUT2D eigenvalue weighted by molar-refractivity contribution is -0.111. The number of aromatic nitrogens is 2. The van der Waals surface area contributed by atoms with Gasteiger partial charge in [-0.1, -0.05) is 25.1 Å². The van der Waals surface area contributed by atoms with Crippen molar-refractivity contribution in [2.24, 2.45) is 5.92 Å². The van der Waals surface area contributed by atoms with Gasteiger partial charge in [-0.05, 0) is 49.3 Å². The smallest absolute Gasteiger partial charge is 0.257 e. The van der Waals surface area contributed by atoms with E-state index in [4.69, 9.17) is 0 Å². The summed E-state index contributed by atoms with van der Waals surface area (Å²) in [5, 5.41) is 2.70. The van der Waals surface area contributed by atoms with Crippen molar-refractivity contribution in [3.63, 3.8) is 0 Å². The zero-order valence-corrected chi connectivity index (χ0v) is 18.6. The van der Waals surface area contributed by atoms with Gasteiger partial charge < -0.3 is 0 Å². The number of nitrogens with zero attached hydrogens (tertiary/aromatic N) is 2. The summed E-state index contributed by atoms with van der Waals surface area (Å²) in [6.07, 6.45) is 0.442. The summed E-state index contributed by atoms with van der Waals surface area (Å²) in [4.78, 5) is 17.4. The van der Waals surface area contributed by atoms with Crippen LogP contribution in [-0.2, 0) is 21.1 Å². The molecule has 0 aliphatic heterocycles. The summed E-state index contributed by atoms with van der Waals surface area (Å²) in [7, 11) is -3.35. The Morgan fingerprint density at radius 3 is 2.39 bits per heavy atom. The molecule has 0 radical (unpaired) electrons. The third-order valence-electron chi connectivity index (χ3n) is 5.56. The molecule has 0 saturated heterocycles. The normalized spacial score (nSPS) is 24.4. The molecule has 6 nitrogen and oxygen atoms in total. The summed E-state index contributed by atoms with van der Waals surface area (Å²) in [5.41, 5.74) is 0.708. The number of aryl methyl sites for hydroxylation is 1. The number of allylic oxidation sites excluding steroid dienone is 1. The van der Waals surface area contributed by atoms with E-state index >= 15 is 0 Å². The number of carbonyl (C=O) groups is 1. The molecule has 1 unspecified atom stereocenters. The number of nitrogens with one attached hydrogen (secondary N) is 1. The number of benzene rings is 1. The maximum absolute atomic E-state index is 13.7. The van der Waals surface area contributed by atoms with Crippen molar-refractivity contribution in [1.29, 1.82) is 0 Å². The van der Waals surface area contributed by atoms with Crippen molar-refractivity contribution < 1.29 is 22.0 Å². The van der Waals surface area contributed by atoms with Gasteiger partial charge in [0.15, 0.2) is 9.84 Å². The number of anilines is 1. The minimum atomic E-state index is -3.35. The molecule has 2 saturated carbocycles. The van der Waals surface area contributed by atoms with E-state index in [0.717, 1.165) is 11.5 Å². The van der Waals surface area contributed by atoms with Gasteiger partial charge in [0.2, 0.25) is 5.13 Å². The first-order chi connectivity index (χ1) is 14.8. The van der Waals surface area contributed by atoms with Crippen LogP contribution in [0.3, 0.4) is 0 Å². The van der Waals surface area contributed by atoms with Crippen LogP contribution in [0, 0.1) is 5.92 Å². The first-order valence-electron chi connectivity index (χ1n) is 10.3. The summed E-state index contributed by atoms with van der Waals surface area (Å²) in [5.74, 6) is -0.299. The number of amides is 1. The van der Waals surface area contributed by atoms with Crippen molar-refractivity contribution in [3.8, 4) is 0 Å². The largest absolute Gasteiger partial charge is 0.297 e. The number of hydrogen-bond donors (Lipinski definition) is 1. The number of alkyl halides is 2. The molecule has 2 aromatic rings. The van der Waals surface area contributed by atoms with Crippen molar-refractivity contribution in [1.82, 2.24) is 9.36 Å². The third-order valence-corrected chi connectivity index (χ3v) is 8.50. The van der Waals surface area contributed by atoms with E-state index in [1.54, 1.807) is 18.2 Å². The van der Waals surface area contributed by atoms with Gasteiger partial charge in [0.25, 0.3) is 5.91 Å². The van der Waals surface area contributed by atoms with Crippen LogP contribution in [0.25, 0.3) is 5.57 Å². The molecular formula is C21H23F2N3O3S2. The number of hydrogen-bond acceptors (Lipinski definition) is 6. The van der Waals surface area contributed by atoms with Gasteiger partial charge in [0, 0.05) is 23.5 Å². The fourth-order valence-corrected chi connectivity index (χ4v) is 5.96. The SMILES string of the molecule is CCc1nsc(NC(=O)/C(=C/C2C[C@@H](F)[C@@H](F)C2)c2ccc(S(=O)(=O)C3CC3)cc2)n1. The second-order valence-corrected chi connectivity index (χ2v) is 10.9. The second-order valence-electron chi connectivity index (χ2n) is 7.94. The van der Waals surface area contributed by atoms with E-state index in [9.17, 15) is 22.0 Å². The van der Waals surface area contributed by atoms with Crippen molar-refractivity contribution in [3.05, 3.63) is 41.7 Å². The zero-order chi connectivity index (χ0) is 22.2. The Morgan fingerprint density at radius 1 is 1.19 bits per heavy atom. The molecule has 2 aliphatic carbocycles. The van der Waals surface area contributed by atoms with Crippen LogP contribution in [0.1, 0.15) is 44.0 Å². The lowest BCUT2D eigenvalue weighted by atomic mass is 9.98. The van der Waals surface area contributed by atoms with Crippen LogP contribution in [0.15, 0.2) is 35.2 Å². The van der Waals surface area contributed by atoms with E-state index in [1.807, 2.05) is 6.92 Å². The molecule has 31 heavy (non-hydrogen) atoms. The molecule has 10 heteroatoms. The Kier molecular flexibility index (Phi) is 6.20. The van der Waals surface area contributed by atoms with E-state index in [0.29, 0.717) is 35.8 Å². The standard InChI is InChI=1S/C21H23F2N3O3S2/c1-2-19-24-21(30-26-19)25-20(27)16(9-12-10-17(22)18(23)11-12)13-3-5-14(6-4-13)31(28,29)15-7-8-15/h3-6,9,12,15,17-18H,2,7-8,10-11H2,1H3,(H,24,25,26,27)/b16-9+/t12?,17-,18+. The maximum Gasteiger partial charge on any atom is 0.257 e. The molecule has 1 aromatic carbocycles. The molecule has 2 fully saturated rings. The minimum absolute atomic E-state index is 0.00484. The van der Waals surface area contributed by atoms with E-state index < -0.39 is 34.0 Å². The highest BCUT2D eigenvalue weighted by Gasteiger charge is 2.37. The Labute approximate surface area is 183 Å². The summed E-state index contributed by atoms with van der Waals surface area (Å²) in [6.45, 7) is 1.90. The van der Waals surface area contributed by atoms with Crippen LogP contribution in [0.5, 0.6) is 0 Å². The van der Waals surface area contributed by atoms with Crippen molar-refractivity contribution in [2.75, 3.05) is 5.32 Å². The molecular weight excluding hydrogens is 444 g/mol. The summed E-state index contributed by atoms with van der Waals surface area (Å²) >= 11 is 1.05. The molecule has 3 atom stereocenters. The molecule has 0 bridgehead atoms. The van der Waals surface area contributed by atoms with Crippen LogP contribution in [0.2, 0.25) is 0 Å². The zero-order valence-electron chi connectivity index (χ0n) is 16.9. The number of carbonyl (C=O) groups excluding carboxylic acids is 1. The van der Waals surface area contributed by atoms with Gasteiger partial charge in [0.1, 0.15) is 18.2 Å². The fourth-order valence-electron chi connectivity index (χ4n) is 3.65. The van der Waals surface area contributed by atoms with Gasteiger partial charge in [-0.25, -0.2) is 22.2 Å². The monoisotopic (exact) mass is 467 g/mol. The molecule has 0 spiro atoms. The number of rotatable bonds is 7. The summed E-state index contributed by atoms with van der Waals surface area (Å²) < 4.78 is 56.4.